The average molecular weight is 465 g/mol. The summed E-state index contributed by atoms with van der Waals surface area (Å²) in [6.07, 6.45) is 1.14. The number of aliphatic hydroxyl groups is 2. The highest BCUT2D eigenvalue weighted by molar-refractivity contribution is 6.03. The van der Waals surface area contributed by atoms with Crippen LogP contribution in [0.2, 0.25) is 0 Å². The average Bonchev–Trinajstić information content (AvgIpc) is 3.00. The number of amides is 2. The van der Waals surface area contributed by atoms with Crippen LogP contribution in [0.3, 0.4) is 0 Å². The van der Waals surface area contributed by atoms with Crippen molar-refractivity contribution in [2.75, 3.05) is 35.3 Å². The van der Waals surface area contributed by atoms with Crippen LogP contribution in [0.4, 0.5) is 22.1 Å². The van der Waals surface area contributed by atoms with E-state index in [1.807, 2.05) is 44.2 Å². The SMILES string of the molecule is Cc1cccc(-c2ccc3c(n2)N(C(=O)Nc2ccnc(OCC(O)CO)n2)[C@H](C)CCN3)c1. The molecule has 0 saturated carbocycles. The molecule has 2 aromatic heterocycles. The highest BCUT2D eigenvalue weighted by Crippen LogP contribution is 2.32. The molecule has 178 valence electrons. The van der Waals surface area contributed by atoms with Crippen LogP contribution < -0.4 is 20.3 Å². The smallest absolute Gasteiger partial charge is 0.328 e. The summed E-state index contributed by atoms with van der Waals surface area (Å²) in [6, 6.07) is 13.0. The van der Waals surface area contributed by atoms with Crippen LogP contribution in [0, 0.1) is 6.92 Å². The van der Waals surface area contributed by atoms with E-state index in [-0.39, 0.29) is 30.5 Å². The molecule has 4 N–H and O–H groups in total. The van der Waals surface area contributed by atoms with Crippen molar-refractivity contribution in [1.82, 2.24) is 15.0 Å². The molecular formula is C24H28N6O4. The third kappa shape index (κ3) is 5.41. The van der Waals surface area contributed by atoms with Crippen molar-refractivity contribution in [3.63, 3.8) is 0 Å². The van der Waals surface area contributed by atoms with E-state index in [4.69, 9.17) is 14.8 Å². The highest BCUT2D eigenvalue weighted by atomic mass is 16.5. The molecule has 0 fully saturated rings. The Morgan fingerprint density at radius 1 is 1.29 bits per heavy atom. The fourth-order valence-corrected chi connectivity index (χ4v) is 3.66. The van der Waals surface area contributed by atoms with Gasteiger partial charge in [0.1, 0.15) is 18.5 Å². The van der Waals surface area contributed by atoms with E-state index in [0.717, 1.165) is 28.9 Å². The van der Waals surface area contributed by atoms with Crippen molar-refractivity contribution < 1.29 is 19.7 Å². The van der Waals surface area contributed by atoms with Gasteiger partial charge in [0.25, 0.3) is 0 Å². The van der Waals surface area contributed by atoms with Gasteiger partial charge in [0.15, 0.2) is 5.82 Å². The number of nitrogens with one attached hydrogen (secondary N) is 2. The third-order valence-corrected chi connectivity index (χ3v) is 5.44. The summed E-state index contributed by atoms with van der Waals surface area (Å²) in [4.78, 5) is 28.0. The topological polar surface area (TPSA) is 133 Å². The van der Waals surface area contributed by atoms with Gasteiger partial charge in [-0.3, -0.25) is 10.2 Å². The number of nitrogens with zero attached hydrogens (tertiary/aromatic N) is 4. The minimum atomic E-state index is -1.04. The van der Waals surface area contributed by atoms with Crippen molar-refractivity contribution in [3.05, 3.63) is 54.2 Å². The van der Waals surface area contributed by atoms with Gasteiger partial charge in [-0.15, -0.1) is 0 Å². The van der Waals surface area contributed by atoms with Crippen molar-refractivity contribution in [1.29, 1.82) is 0 Å². The Labute approximate surface area is 197 Å². The number of pyridine rings is 1. The molecule has 0 saturated heterocycles. The predicted octanol–water partition coefficient (Wildman–Crippen LogP) is 2.82. The van der Waals surface area contributed by atoms with Crippen LogP contribution in [0.15, 0.2) is 48.7 Å². The molecule has 1 aliphatic heterocycles. The number of hydrogen-bond acceptors (Lipinski definition) is 8. The number of aryl methyl sites for hydroxylation is 1. The number of benzene rings is 1. The molecular weight excluding hydrogens is 436 g/mol. The number of carbonyl (C=O) groups excluding carboxylic acids is 1. The second kappa shape index (κ2) is 10.4. The molecule has 10 nitrogen and oxygen atoms in total. The zero-order valence-electron chi connectivity index (χ0n) is 19.1. The maximum Gasteiger partial charge on any atom is 0.328 e. The number of anilines is 3. The first kappa shape index (κ1) is 23.4. The lowest BCUT2D eigenvalue weighted by atomic mass is 10.1. The number of rotatable bonds is 6. The van der Waals surface area contributed by atoms with E-state index in [1.54, 1.807) is 11.0 Å². The molecule has 1 aliphatic rings. The van der Waals surface area contributed by atoms with Gasteiger partial charge in [-0.2, -0.15) is 4.98 Å². The molecule has 0 bridgehead atoms. The maximum atomic E-state index is 13.4. The summed E-state index contributed by atoms with van der Waals surface area (Å²) in [6.45, 7) is 4.11. The molecule has 2 atom stereocenters. The quantitative estimate of drug-likeness (QED) is 0.438. The summed E-state index contributed by atoms with van der Waals surface area (Å²) >= 11 is 0. The third-order valence-electron chi connectivity index (χ3n) is 5.44. The summed E-state index contributed by atoms with van der Waals surface area (Å²) in [7, 11) is 0. The molecule has 1 aromatic carbocycles. The van der Waals surface area contributed by atoms with Crippen LogP contribution in [0.25, 0.3) is 11.3 Å². The van der Waals surface area contributed by atoms with E-state index < -0.39 is 12.7 Å². The number of urea groups is 1. The standard InChI is InChI=1S/C24H28N6O4/c1-15-4-3-5-17(12-15)19-6-7-20-22(27-19)30(16(2)8-10-25-20)24(33)29-21-9-11-26-23(28-21)34-14-18(32)13-31/h3-7,9,11-12,16,18,25,31-32H,8,10,13-14H2,1-2H3,(H,26,28,29,33)/t16-,18?/m1/s1. The molecule has 0 spiro atoms. The fraction of sp³-hybridized carbons (Fsp3) is 0.333. The zero-order chi connectivity index (χ0) is 24.1. The Balaban J connectivity index is 1.60. The van der Waals surface area contributed by atoms with Crippen LogP contribution >= 0.6 is 0 Å². The number of aliphatic hydroxyl groups excluding tert-OH is 2. The van der Waals surface area contributed by atoms with Gasteiger partial charge in [0.2, 0.25) is 0 Å². The first-order chi connectivity index (χ1) is 16.4. The van der Waals surface area contributed by atoms with Crippen molar-refractivity contribution in [2.24, 2.45) is 0 Å². The molecule has 4 rings (SSSR count). The van der Waals surface area contributed by atoms with Crippen molar-refractivity contribution >= 4 is 23.4 Å². The second-order valence-electron chi connectivity index (χ2n) is 8.17. The highest BCUT2D eigenvalue weighted by Gasteiger charge is 2.29. The zero-order valence-corrected chi connectivity index (χ0v) is 19.1. The summed E-state index contributed by atoms with van der Waals surface area (Å²) in [5.41, 5.74) is 3.66. The molecule has 0 aliphatic carbocycles. The number of aromatic nitrogens is 3. The molecule has 10 heteroatoms. The summed E-state index contributed by atoms with van der Waals surface area (Å²) in [5, 5.41) is 24.5. The first-order valence-electron chi connectivity index (χ1n) is 11.1. The van der Waals surface area contributed by atoms with Gasteiger partial charge in [-0.05, 0) is 44.5 Å². The first-order valence-corrected chi connectivity index (χ1v) is 11.1. The normalized spacial score (nSPS) is 16.1. The van der Waals surface area contributed by atoms with E-state index in [1.165, 1.54) is 6.20 Å². The van der Waals surface area contributed by atoms with Gasteiger partial charge in [-0.25, -0.2) is 14.8 Å². The minimum Gasteiger partial charge on any atom is -0.461 e. The lowest BCUT2D eigenvalue weighted by molar-refractivity contribution is 0.0505. The summed E-state index contributed by atoms with van der Waals surface area (Å²) in [5.74, 6) is 0.785. The Hall–Kier alpha value is -3.76. The monoisotopic (exact) mass is 464 g/mol. The fourth-order valence-electron chi connectivity index (χ4n) is 3.66. The van der Waals surface area contributed by atoms with Gasteiger partial charge in [-0.1, -0.05) is 23.8 Å². The van der Waals surface area contributed by atoms with Gasteiger partial charge in [0, 0.05) is 24.3 Å². The van der Waals surface area contributed by atoms with Crippen LogP contribution in [-0.2, 0) is 0 Å². The molecule has 2 amide bonds. The number of ether oxygens (including phenoxy) is 1. The number of hydrogen-bond donors (Lipinski definition) is 4. The van der Waals surface area contributed by atoms with Gasteiger partial charge < -0.3 is 20.3 Å². The second-order valence-corrected chi connectivity index (χ2v) is 8.17. The van der Waals surface area contributed by atoms with Crippen LogP contribution in [0.5, 0.6) is 6.01 Å². The molecule has 34 heavy (non-hydrogen) atoms. The Morgan fingerprint density at radius 2 is 2.15 bits per heavy atom. The van der Waals surface area contributed by atoms with E-state index in [2.05, 4.69) is 26.7 Å². The Kier molecular flexibility index (Phi) is 7.19. The Morgan fingerprint density at radius 3 is 2.94 bits per heavy atom. The molecule has 0 radical (unpaired) electrons. The van der Waals surface area contributed by atoms with Crippen molar-refractivity contribution in [3.8, 4) is 17.3 Å². The lowest BCUT2D eigenvalue weighted by Crippen LogP contribution is -2.42. The molecule has 3 heterocycles. The van der Waals surface area contributed by atoms with Gasteiger partial charge >= 0.3 is 12.0 Å². The maximum absolute atomic E-state index is 13.4. The predicted molar refractivity (Wildman–Crippen MR) is 129 cm³/mol. The van der Waals surface area contributed by atoms with Crippen LogP contribution in [0.1, 0.15) is 18.9 Å². The van der Waals surface area contributed by atoms with E-state index >= 15 is 0 Å². The Bertz CT molecular complexity index is 1160. The largest absolute Gasteiger partial charge is 0.461 e. The molecule has 3 aromatic rings. The van der Waals surface area contributed by atoms with Crippen molar-refractivity contribution in [2.45, 2.75) is 32.4 Å². The minimum absolute atomic E-state index is 0.0175. The summed E-state index contributed by atoms with van der Waals surface area (Å²) < 4.78 is 5.28. The number of fused-ring (bicyclic) bond motifs is 1. The lowest BCUT2D eigenvalue weighted by Gasteiger charge is -2.27. The number of carbonyl (C=O) groups is 1. The van der Waals surface area contributed by atoms with E-state index in [0.29, 0.717) is 12.4 Å². The van der Waals surface area contributed by atoms with Gasteiger partial charge in [0.05, 0.1) is 18.0 Å². The molecule has 1 unspecified atom stereocenters. The van der Waals surface area contributed by atoms with E-state index in [9.17, 15) is 9.90 Å². The van der Waals surface area contributed by atoms with Crippen LogP contribution in [-0.4, -0.2) is 63.1 Å².